The first kappa shape index (κ1) is 26.9. The normalized spacial score (nSPS) is 16.7. The third-order valence-corrected chi connectivity index (χ3v) is 8.19. The number of nitrogens with zero attached hydrogens (tertiary/aromatic N) is 3. The Morgan fingerprint density at radius 1 is 0.976 bits per heavy atom. The summed E-state index contributed by atoms with van der Waals surface area (Å²) >= 11 is 0.860. The predicted molar refractivity (Wildman–Crippen MR) is 163 cm³/mol. The average molecular weight is 567 g/mol. The number of carbonyl (C=O) groups excluding carboxylic acids is 3. The monoisotopic (exact) mass is 566 g/mol. The van der Waals surface area contributed by atoms with Gasteiger partial charge in [0.15, 0.2) is 0 Å². The Balaban J connectivity index is 1.15. The van der Waals surface area contributed by atoms with Gasteiger partial charge in [-0.2, -0.15) is 0 Å². The van der Waals surface area contributed by atoms with Crippen LogP contribution in [0.3, 0.4) is 0 Å². The number of aryl methyl sites for hydroxylation is 1. The molecule has 41 heavy (non-hydrogen) atoms. The van der Waals surface area contributed by atoms with Crippen molar-refractivity contribution in [2.24, 2.45) is 0 Å². The number of hydrogen-bond acceptors (Lipinski definition) is 6. The van der Waals surface area contributed by atoms with Gasteiger partial charge >= 0.3 is 0 Å². The molecule has 0 radical (unpaired) electrons. The van der Waals surface area contributed by atoms with Gasteiger partial charge in [-0.1, -0.05) is 48.0 Å². The van der Waals surface area contributed by atoms with Crippen LogP contribution in [0.4, 0.5) is 16.2 Å². The molecule has 2 saturated heterocycles. The lowest BCUT2D eigenvalue weighted by Gasteiger charge is -2.28. The van der Waals surface area contributed by atoms with Crippen LogP contribution in [-0.4, -0.2) is 59.4 Å². The molecular weight excluding hydrogens is 536 g/mol. The van der Waals surface area contributed by atoms with Gasteiger partial charge in [0, 0.05) is 53.7 Å². The van der Waals surface area contributed by atoms with E-state index in [1.165, 1.54) is 11.1 Å². The molecule has 3 aromatic carbocycles. The zero-order valence-corrected chi connectivity index (χ0v) is 23.5. The van der Waals surface area contributed by atoms with E-state index in [-0.39, 0.29) is 6.54 Å². The molecule has 2 aliphatic heterocycles. The Morgan fingerprint density at radius 3 is 2.46 bits per heavy atom. The van der Waals surface area contributed by atoms with E-state index < -0.39 is 17.1 Å². The standard InChI is InChI=1S/C32H30N4O4S/c1-22-6-8-23(9-7-22)19-35-20-24(27-4-2-3-5-28(27)35)18-29-31(38)36(32(39)41-29)21-30(37)33-25-10-12-26(13-11-25)34-14-16-40-17-15-34/h2-13,18,20H,14-17,19,21H2,1H3,(H,33,37)/b29-18-. The highest BCUT2D eigenvalue weighted by Gasteiger charge is 2.36. The fourth-order valence-corrected chi connectivity index (χ4v) is 5.94. The maximum absolute atomic E-state index is 13.2. The van der Waals surface area contributed by atoms with Crippen molar-refractivity contribution < 1.29 is 19.1 Å². The Kier molecular flexibility index (Phi) is 7.63. The van der Waals surface area contributed by atoms with Crippen molar-refractivity contribution in [1.82, 2.24) is 9.47 Å². The van der Waals surface area contributed by atoms with Crippen LogP contribution in [0.2, 0.25) is 0 Å². The Morgan fingerprint density at radius 2 is 1.71 bits per heavy atom. The number of anilines is 2. The highest BCUT2D eigenvalue weighted by atomic mass is 32.2. The Hall–Kier alpha value is -4.34. The van der Waals surface area contributed by atoms with Crippen LogP contribution in [0.25, 0.3) is 17.0 Å². The number of imide groups is 1. The van der Waals surface area contributed by atoms with Crippen LogP contribution in [0.15, 0.2) is 83.9 Å². The van der Waals surface area contributed by atoms with Crippen LogP contribution in [0, 0.1) is 6.92 Å². The summed E-state index contributed by atoms with van der Waals surface area (Å²) in [6.07, 6.45) is 3.76. The molecule has 6 rings (SSSR count). The highest BCUT2D eigenvalue weighted by Crippen LogP contribution is 2.34. The summed E-state index contributed by atoms with van der Waals surface area (Å²) in [6, 6.07) is 23.9. The molecule has 1 aromatic heterocycles. The van der Waals surface area contributed by atoms with E-state index in [0.717, 1.165) is 51.9 Å². The van der Waals surface area contributed by atoms with Gasteiger partial charge in [-0.05, 0) is 60.7 Å². The maximum atomic E-state index is 13.2. The van der Waals surface area contributed by atoms with Crippen LogP contribution < -0.4 is 10.2 Å². The van der Waals surface area contributed by atoms with Crippen LogP contribution >= 0.6 is 11.8 Å². The van der Waals surface area contributed by atoms with Gasteiger partial charge in [0.2, 0.25) is 5.91 Å². The number of para-hydroxylation sites is 1. The number of aromatic nitrogens is 1. The van der Waals surface area contributed by atoms with E-state index in [2.05, 4.69) is 46.0 Å². The minimum atomic E-state index is -0.465. The highest BCUT2D eigenvalue weighted by molar-refractivity contribution is 8.18. The molecule has 0 spiro atoms. The quantitative estimate of drug-likeness (QED) is 0.297. The van der Waals surface area contributed by atoms with E-state index in [0.29, 0.717) is 30.4 Å². The summed E-state index contributed by atoms with van der Waals surface area (Å²) in [5, 5.41) is 3.33. The molecule has 8 nitrogen and oxygen atoms in total. The van der Waals surface area contributed by atoms with Gasteiger partial charge in [-0.15, -0.1) is 0 Å². The van der Waals surface area contributed by atoms with E-state index >= 15 is 0 Å². The summed E-state index contributed by atoms with van der Waals surface area (Å²) in [5.41, 5.74) is 5.93. The second kappa shape index (κ2) is 11.6. The number of benzene rings is 3. The van der Waals surface area contributed by atoms with Gasteiger partial charge < -0.3 is 19.5 Å². The van der Waals surface area contributed by atoms with Crippen molar-refractivity contribution >= 4 is 57.2 Å². The number of fused-ring (bicyclic) bond motifs is 1. The molecular formula is C32H30N4O4S. The topological polar surface area (TPSA) is 83.9 Å². The van der Waals surface area contributed by atoms with Crippen molar-refractivity contribution in [3.63, 3.8) is 0 Å². The smallest absolute Gasteiger partial charge is 0.294 e. The molecule has 0 saturated carbocycles. The zero-order valence-electron chi connectivity index (χ0n) is 22.7. The maximum Gasteiger partial charge on any atom is 0.294 e. The summed E-state index contributed by atoms with van der Waals surface area (Å²) in [7, 11) is 0. The molecule has 0 aliphatic carbocycles. The van der Waals surface area contributed by atoms with Crippen molar-refractivity contribution in [2.45, 2.75) is 13.5 Å². The number of morpholine rings is 1. The summed E-state index contributed by atoms with van der Waals surface area (Å²) in [4.78, 5) is 42.3. The number of hydrogen-bond donors (Lipinski definition) is 1. The molecule has 0 unspecified atom stereocenters. The molecule has 3 amide bonds. The second-order valence-electron chi connectivity index (χ2n) is 10.2. The Bertz CT molecular complexity index is 1640. The Labute approximate surface area is 242 Å². The molecule has 1 N–H and O–H groups in total. The number of thioether (sulfide) groups is 1. The SMILES string of the molecule is Cc1ccc(Cn2cc(/C=C3\SC(=O)N(CC(=O)Nc4ccc(N5CCOCC5)cc4)C3=O)c3ccccc32)cc1. The third kappa shape index (κ3) is 5.91. The first-order chi connectivity index (χ1) is 19.9. The summed E-state index contributed by atoms with van der Waals surface area (Å²) < 4.78 is 7.55. The third-order valence-electron chi connectivity index (χ3n) is 7.28. The fraction of sp³-hybridized carbons (Fsp3) is 0.219. The number of rotatable bonds is 7. The van der Waals surface area contributed by atoms with Crippen LogP contribution in [-0.2, 0) is 20.9 Å². The van der Waals surface area contributed by atoms with Gasteiger partial charge in [0.05, 0.1) is 18.1 Å². The largest absolute Gasteiger partial charge is 0.378 e. The van der Waals surface area contributed by atoms with E-state index in [1.807, 2.05) is 54.7 Å². The first-order valence-corrected chi connectivity index (χ1v) is 14.4. The van der Waals surface area contributed by atoms with E-state index in [1.54, 1.807) is 6.08 Å². The van der Waals surface area contributed by atoms with Gasteiger partial charge in [0.1, 0.15) is 6.54 Å². The van der Waals surface area contributed by atoms with Gasteiger partial charge in [0.25, 0.3) is 11.1 Å². The number of amides is 3. The van der Waals surface area contributed by atoms with Crippen LogP contribution in [0.1, 0.15) is 16.7 Å². The second-order valence-corrected chi connectivity index (χ2v) is 11.2. The van der Waals surface area contributed by atoms with Crippen molar-refractivity contribution in [3.05, 3.63) is 101 Å². The summed E-state index contributed by atoms with van der Waals surface area (Å²) in [6.45, 7) is 5.44. The van der Waals surface area contributed by atoms with Crippen LogP contribution in [0.5, 0.6) is 0 Å². The number of carbonyl (C=O) groups is 3. The summed E-state index contributed by atoms with van der Waals surface area (Å²) in [5.74, 6) is -0.893. The lowest BCUT2D eigenvalue weighted by atomic mass is 10.1. The molecule has 0 atom stereocenters. The zero-order chi connectivity index (χ0) is 28.3. The van der Waals surface area contributed by atoms with Crippen molar-refractivity contribution in [3.8, 4) is 0 Å². The molecule has 2 aliphatic rings. The number of ether oxygens (including phenoxy) is 1. The van der Waals surface area contributed by atoms with E-state index in [9.17, 15) is 14.4 Å². The first-order valence-electron chi connectivity index (χ1n) is 13.6. The fourth-order valence-electron chi connectivity index (χ4n) is 5.11. The lowest BCUT2D eigenvalue weighted by Crippen LogP contribution is -2.36. The van der Waals surface area contributed by atoms with Crippen molar-refractivity contribution in [2.75, 3.05) is 43.1 Å². The van der Waals surface area contributed by atoms with Gasteiger partial charge in [-0.25, -0.2) is 0 Å². The molecule has 9 heteroatoms. The molecule has 4 aromatic rings. The molecule has 208 valence electrons. The minimum Gasteiger partial charge on any atom is -0.378 e. The number of nitrogens with one attached hydrogen (secondary N) is 1. The lowest BCUT2D eigenvalue weighted by molar-refractivity contribution is -0.127. The van der Waals surface area contributed by atoms with E-state index in [4.69, 9.17) is 4.74 Å². The molecule has 0 bridgehead atoms. The van der Waals surface area contributed by atoms with Gasteiger partial charge in [-0.3, -0.25) is 19.3 Å². The van der Waals surface area contributed by atoms with Crippen molar-refractivity contribution in [1.29, 1.82) is 0 Å². The molecule has 2 fully saturated rings. The average Bonchev–Trinajstić information content (AvgIpc) is 3.46. The molecule has 3 heterocycles. The minimum absolute atomic E-state index is 0.302. The predicted octanol–water partition coefficient (Wildman–Crippen LogP) is 5.51.